The number of halogens is 1. The lowest BCUT2D eigenvalue weighted by Crippen LogP contribution is -2.24. The maximum absolute atomic E-state index is 13.1. The number of amides is 1. The highest BCUT2D eigenvalue weighted by atomic mass is 32.2. The first-order valence-electron chi connectivity index (χ1n) is 5.27. The molecule has 1 rings (SSSR count). The van der Waals surface area contributed by atoms with E-state index in [0.29, 0.717) is 6.54 Å². The highest BCUT2D eigenvalue weighted by Gasteiger charge is 2.17. The fraction of sp³-hybridized carbons (Fsp3) is 0.364. The average Bonchev–Trinajstić information content (AvgIpc) is 2.34. The summed E-state index contributed by atoms with van der Waals surface area (Å²) in [4.78, 5) is 21.3. The first-order valence-corrected chi connectivity index (χ1v) is 6.66. The summed E-state index contributed by atoms with van der Waals surface area (Å²) in [5, 5.41) is 13.1. The smallest absolute Gasteiger partial charge is 0.305 e. The third-order valence-electron chi connectivity index (χ3n) is 2.22. The summed E-state index contributed by atoms with van der Waals surface area (Å²) < 4.78 is 13.1. The van der Waals surface area contributed by atoms with Crippen LogP contribution in [0.25, 0.3) is 0 Å². The largest absolute Gasteiger partial charge is 0.352 e. The standard InChI is InChI=1S/C11H13FN2O3S/c1-18-6-2-5-13-11(15)8-3-4-9(12)10(7-8)14(16)17/h3-4,7H,2,5-6H2,1H3,(H,13,15). The van der Waals surface area contributed by atoms with Gasteiger partial charge in [-0.2, -0.15) is 16.2 Å². The van der Waals surface area contributed by atoms with E-state index in [4.69, 9.17) is 0 Å². The Balaban J connectivity index is 2.68. The first kappa shape index (κ1) is 14.4. The van der Waals surface area contributed by atoms with Gasteiger partial charge < -0.3 is 5.32 Å². The zero-order valence-electron chi connectivity index (χ0n) is 9.81. The maximum Gasteiger partial charge on any atom is 0.305 e. The van der Waals surface area contributed by atoms with Crippen LogP contribution in [0.4, 0.5) is 10.1 Å². The minimum absolute atomic E-state index is 0.0900. The molecular formula is C11H13FN2O3S. The van der Waals surface area contributed by atoms with E-state index in [-0.39, 0.29) is 5.56 Å². The van der Waals surface area contributed by atoms with Crippen molar-refractivity contribution in [2.75, 3.05) is 18.6 Å². The third kappa shape index (κ3) is 3.99. The van der Waals surface area contributed by atoms with Gasteiger partial charge in [0.05, 0.1) is 4.92 Å². The molecule has 0 aliphatic rings. The van der Waals surface area contributed by atoms with Crippen molar-refractivity contribution in [3.63, 3.8) is 0 Å². The number of carbonyl (C=O) groups excluding carboxylic acids is 1. The second-order valence-corrected chi connectivity index (χ2v) is 4.51. The van der Waals surface area contributed by atoms with Gasteiger partial charge in [0.15, 0.2) is 0 Å². The number of carbonyl (C=O) groups is 1. The molecule has 18 heavy (non-hydrogen) atoms. The summed E-state index contributed by atoms with van der Waals surface area (Å²) in [6.45, 7) is 0.491. The minimum atomic E-state index is -0.945. The lowest BCUT2D eigenvalue weighted by Gasteiger charge is -2.04. The SMILES string of the molecule is CSCCCNC(=O)c1ccc(F)c([N+](=O)[O-])c1. The van der Waals surface area contributed by atoms with Gasteiger partial charge in [0, 0.05) is 18.2 Å². The molecule has 0 aromatic heterocycles. The van der Waals surface area contributed by atoms with Crippen LogP contribution in [0.3, 0.4) is 0 Å². The Morgan fingerprint density at radius 3 is 2.89 bits per heavy atom. The molecule has 0 saturated carbocycles. The highest BCUT2D eigenvalue weighted by Crippen LogP contribution is 2.18. The normalized spacial score (nSPS) is 10.1. The van der Waals surface area contributed by atoms with Gasteiger partial charge in [0.1, 0.15) is 0 Å². The summed E-state index contributed by atoms with van der Waals surface area (Å²) in [5.41, 5.74) is -0.598. The lowest BCUT2D eigenvalue weighted by molar-refractivity contribution is -0.387. The van der Waals surface area contributed by atoms with E-state index < -0.39 is 22.3 Å². The molecule has 0 spiro atoms. The zero-order chi connectivity index (χ0) is 13.5. The van der Waals surface area contributed by atoms with Crippen LogP contribution in [0.1, 0.15) is 16.8 Å². The van der Waals surface area contributed by atoms with E-state index in [1.807, 2.05) is 6.26 Å². The molecule has 1 amide bonds. The zero-order valence-corrected chi connectivity index (χ0v) is 10.6. The van der Waals surface area contributed by atoms with Crippen LogP contribution in [0.5, 0.6) is 0 Å². The van der Waals surface area contributed by atoms with Crippen LogP contribution in [-0.2, 0) is 0 Å². The van der Waals surface area contributed by atoms with E-state index in [9.17, 15) is 19.3 Å². The van der Waals surface area contributed by atoms with Gasteiger partial charge in [0.2, 0.25) is 5.82 Å². The van der Waals surface area contributed by atoms with Crippen molar-refractivity contribution in [3.05, 3.63) is 39.7 Å². The molecule has 98 valence electrons. The molecule has 1 aromatic carbocycles. The number of nitrogens with one attached hydrogen (secondary N) is 1. The van der Waals surface area contributed by atoms with Crippen LogP contribution >= 0.6 is 11.8 Å². The van der Waals surface area contributed by atoms with Gasteiger partial charge in [0.25, 0.3) is 5.91 Å². The number of benzene rings is 1. The van der Waals surface area contributed by atoms with E-state index in [2.05, 4.69) is 5.32 Å². The summed E-state index contributed by atoms with van der Waals surface area (Å²) >= 11 is 1.67. The van der Waals surface area contributed by atoms with Crippen molar-refractivity contribution in [2.45, 2.75) is 6.42 Å². The summed E-state index contributed by atoms with van der Waals surface area (Å²) in [6, 6.07) is 3.10. The molecule has 5 nitrogen and oxygen atoms in total. The predicted molar refractivity (Wildman–Crippen MR) is 68.4 cm³/mol. The number of nitrogens with zero attached hydrogens (tertiary/aromatic N) is 1. The number of thioether (sulfide) groups is 1. The van der Waals surface area contributed by atoms with Gasteiger partial charge in [-0.25, -0.2) is 0 Å². The first-order chi connectivity index (χ1) is 8.56. The molecule has 0 atom stereocenters. The number of hydrogen-bond donors (Lipinski definition) is 1. The van der Waals surface area contributed by atoms with E-state index in [0.717, 1.165) is 24.3 Å². The van der Waals surface area contributed by atoms with Crippen molar-refractivity contribution in [1.29, 1.82) is 0 Å². The summed E-state index contributed by atoms with van der Waals surface area (Å²) in [5.74, 6) is -0.456. The van der Waals surface area contributed by atoms with Crippen LogP contribution in [-0.4, -0.2) is 29.4 Å². The molecule has 0 radical (unpaired) electrons. The molecule has 0 aliphatic carbocycles. The molecule has 0 saturated heterocycles. The van der Waals surface area contributed by atoms with Crippen LogP contribution in [0.15, 0.2) is 18.2 Å². The average molecular weight is 272 g/mol. The Morgan fingerprint density at radius 1 is 1.56 bits per heavy atom. The molecule has 0 fully saturated rings. The number of nitro groups is 1. The second kappa shape index (κ2) is 6.95. The summed E-state index contributed by atoms with van der Waals surface area (Å²) in [7, 11) is 0. The second-order valence-electron chi connectivity index (χ2n) is 3.53. The van der Waals surface area contributed by atoms with Crippen molar-refractivity contribution in [2.24, 2.45) is 0 Å². The molecule has 0 aliphatic heterocycles. The Labute approximate surface area is 108 Å². The molecule has 0 unspecified atom stereocenters. The molecule has 7 heteroatoms. The van der Waals surface area contributed by atoms with Crippen LogP contribution in [0.2, 0.25) is 0 Å². The summed E-state index contributed by atoms with van der Waals surface area (Å²) in [6.07, 6.45) is 2.78. The van der Waals surface area contributed by atoms with Gasteiger partial charge in [-0.15, -0.1) is 0 Å². The van der Waals surface area contributed by atoms with Crippen LogP contribution < -0.4 is 5.32 Å². The number of hydrogen-bond acceptors (Lipinski definition) is 4. The Kier molecular flexibility index (Phi) is 5.57. The van der Waals surface area contributed by atoms with Crippen molar-refractivity contribution < 1.29 is 14.1 Å². The Bertz CT molecular complexity index is 454. The number of nitro benzene ring substituents is 1. The monoisotopic (exact) mass is 272 g/mol. The quantitative estimate of drug-likeness (QED) is 0.489. The molecular weight excluding hydrogens is 259 g/mol. The number of rotatable bonds is 6. The van der Waals surface area contributed by atoms with E-state index >= 15 is 0 Å². The molecule has 0 bridgehead atoms. The van der Waals surface area contributed by atoms with E-state index in [1.54, 1.807) is 11.8 Å². The van der Waals surface area contributed by atoms with Gasteiger partial charge >= 0.3 is 5.69 Å². The molecule has 0 heterocycles. The molecule has 1 N–H and O–H groups in total. The van der Waals surface area contributed by atoms with Gasteiger partial charge in [-0.1, -0.05) is 0 Å². The predicted octanol–water partition coefficient (Wildman–Crippen LogP) is 2.22. The Morgan fingerprint density at radius 2 is 2.28 bits per heavy atom. The van der Waals surface area contributed by atoms with Crippen molar-refractivity contribution >= 4 is 23.4 Å². The maximum atomic E-state index is 13.1. The van der Waals surface area contributed by atoms with Gasteiger partial charge in [-0.3, -0.25) is 14.9 Å². The fourth-order valence-electron chi connectivity index (χ4n) is 1.31. The fourth-order valence-corrected chi connectivity index (χ4v) is 1.75. The van der Waals surface area contributed by atoms with Gasteiger partial charge in [-0.05, 0) is 30.6 Å². The lowest BCUT2D eigenvalue weighted by atomic mass is 10.2. The third-order valence-corrected chi connectivity index (χ3v) is 2.91. The van der Waals surface area contributed by atoms with Crippen molar-refractivity contribution in [1.82, 2.24) is 5.32 Å². The van der Waals surface area contributed by atoms with E-state index in [1.165, 1.54) is 6.07 Å². The van der Waals surface area contributed by atoms with Crippen LogP contribution in [0, 0.1) is 15.9 Å². The highest BCUT2D eigenvalue weighted by molar-refractivity contribution is 7.98. The Hall–Kier alpha value is -1.63. The van der Waals surface area contributed by atoms with Crippen molar-refractivity contribution in [3.8, 4) is 0 Å². The molecule has 1 aromatic rings. The topological polar surface area (TPSA) is 72.2 Å². The minimum Gasteiger partial charge on any atom is -0.352 e.